The molecule has 1 aliphatic rings. The van der Waals surface area contributed by atoms with Crippen LogP contribution in [0.2, 0.25) is 0 Å². The highest BCUT2D eigenvalue weighted by molar-refractivity contribution is 7.89. The van der Waals surface area contributed by atoms with E-state index in [1.54, 1.807) is 25.3 Å². The van der Waals surface area contributed by atoms with Crippen molar-refractivity contribution in [2.24, 2.45) is 0 Å². The summed E-state index contributed by atoms with van der Waals surface area (Å²) < 4.78 is 32.8. The van der Waals surface area contributed by atoms with Crippen LogP contribution in [0.25, 0.3) is 0 Å². The molecule has 1 N–H and O–H groups in total. The molecular formula is C24H32N2O4S. The van der Waals surface area contributed by atoms with Crippen LogP contribution in [0.4, 0.5) is 0 Å². The van der Waals surface area contributed by atoms with Crippen LogP contribution in [-0.4, -0.2) is 38.8 Å². The third kappa shape index (κ3) is 5.46. The van der Waals surface area contributed by atoms with E-state index in [1.807, 2.05) is 38.1 Å². The molecule has 2 aromatic rings. The number of ether oxygens (including phenoxy) is 1. The first-order valence-electron chi connectivity index (χ1n) is 10.9. The van der Waals surface area contributed by atoms with Gasteiger partial charge in [0.15, 0.2) is 0 Å². The number of rotatable bonds is 9. The van der Waals surface area contributed by atoms with E-state index >= 15 is 0 Å². The first-order chi connectivity index (χ1) is 14.9. The molecule has 0 saturated carbocycles. The lowest BCUT2D eigenvalue weighted by molar-refractivity contribution is -0.121. The number of aryl methyl sites for hydroxylation is 2. The van der Waals surface area contributed by atoms with Gasteiger partial charge in [-0.25, -0.2) is 8.42 Å². The Hall–Kier alpha value is -2.38. The van der Waals surface area contributed by atoms with Gasteiger partial charge in [-0.1, -0.05) is 31.2 Å². The summed E-state index contributed by atoms with van der Waals surface area (Å²) in [5.41, 5.74) is 2.99. The third-order valence-corrected chi connectivity index (χ3v) is 7.78. The fourth-order valence-electron chi connectivity index (χ4n) is 4.08. The Balaban J connectivity index is 1.71. The number of hydrogen-bond donors (Lipinski definition) is 1. The van der Waals surface area contributed by atoms with Crippen molar-refractivity contribution in [1.29, 1.82) is 0 Å². The topological polar surface area (TPSA) is 75.7 Å². The van der Waals surface area contributed by atoms with E-state index in [9.17, 15) is 13.2 Å². The molecule has 1 saturated heterocycles. The second-order valence-corrected chi connectivity index (χ2v) is 9.91. The Morgan fingerprint density at radius 2 is 1.87 bits per heavy atom. The van der Waals surface area contributed by atoms with Crippen LogP contribution in [0.1, 0.15) is 55.3 Å². The molecule has 3 rings (SSSR count). The van der Waals surface area contributed by atoms with Crippen molar-refractivity contribution >= 4 is 15.9 Å². The number of carbonyl (C=O) groups is 1. The van der Waals surface area contributed by atoms with Gasteiger partial charge in [-0.05, 0) is 67.5 Å². The van der Waals surface area contributed by atoms with Gasteiger partial charge in [0, 0.05) is 19.5 Å². The second-order valence-electron chi connectivity index (χ2n) is 7.97. The zero-order chi connectivity index (χ0) is 22.4. The smallest absolute Gasteiger partial charge is 0.243 e. The Morgan fingerprint density at radius 1 is 1.16 bits per heavy atom. The molecule has 1 fully saturated rings. The van der Waals surface area contributed by atoms with E-state index in [0.717, 1.165) is 36.0 Å². The number of nitrogens with zero attached hydrogens (tertiary/aromatic N) is 1. The first kappa shape index (κ1) is 23.3. The van der Waals surface area contributed by atoms with E-state index in [0.29, 0.717) is 25.3 Å². The highest BCUT2D eigenvalue weighted by atomic mass is 32.2. The largest absolute Gasteiger partial charge is 0.496 e. The SMILES string of the molecule is CC[C@H](NC(=O)CCc1cc(S(=O)(=O)N2CCCC2)ccc1OC)c1ccccc1C. The molecule has 0 spiro atoms. The van der Waals surface area contributed by atoms with Gasteiger partial charge in [-0.3, -0.25) is 4.79 Å². The quantitative estimate of drug-likeness (QED) is 0.635. The number of nitrogens with one attached hydrogen (secondary N) is 1. The van der Waals surface area contributed by atoms with Crippen LogP contribution < -0.4 is 10.1 Å². The standard InChI is InChI=1S/C24H32N2O4S/c1-4-22(21-10-6-5-9-18(21)2)25-24(27)14-11-19-17-20(12-13-23(19)30-3)31(28,29)26-15-7-8-16-26/h5-6,9-10,12-13,17,22H,4,7-8,11,14-16H2,1-3H3,(H,25,27)/t22-/m0/s1. The molecule has 168 valence electrons. The fraction of sp³-hybridized carbons (Fsp3) is 0.458. The molecule has 1 heterocycles. The number of amides is 1. The molecule has 0 aromatic heterocycles. The van der Waals surface area contributed by atoms with Crippen LogP contribution in [0, 0.1) is 6.92 Å². The van der Waals surface area contributed by atoms with Gasteiger partial charge < -0.3 is 10.1 Å². The van der Waals surface area contributed by atoms with Crippen molar-refractivity contribution in [3.05, 3.63) is 59.2 Å². The van der Waals surface area contributed by atoms with E-state index in [-0.39, 0.29) is 23.3 Å². The van der Waals surface area contributed by atoms with E-state index in [1.165, 1.54) is 4.31 Å². The van der Waals surface area contributed by atoms with Crippen LogP contribution in [-0.2, 0) is 21.2 Å². The number of benzene rings is 2. The van der Waals surface area contributed by atoms with Crippen LogP contribution in [0.3, 0.4) is 0 Å². The third-order valence-electron chi connectivity index (χ3n) is 5.88. The van der Waals surface area contributed by atoms with E-state index in [2.05, 4.69) is 5.32 Å². The predicted molar refractivity (Wildman–Crippen MR) is 122 cm³/mol. The molecule has 0 bridgehead atoms. The van der Waals surface area contributed by atoms with Crippen LogP contribution >= 0.6 is 0 Å². The maximum Gasteiger partial charge on any atom is 0.243 e. The summed E-state index contributed by atoms with van der Waals surface area (Å²) in [5.74, 6) is 0.532. The summed E-state index contributed by atoms with van der Waals surface area (Å²) in [6, 6.07) is 12.9. The Bertz CT molecular complexity index is 1010. The predicted octanol–water partition coefficient (Wildman–Crippen LogP) is 3.99. The van der Waals surface area contributed by atoms with Gasteiger partial charge in [0.2, 0.25) is 15.9 Å². The summed E-state index contributed by atoms with van der Waals surface area (Å²) in [6.45, 7) is 5.21. The van der Waals surface area contributed by atoms with Crippen LogP contribution in [0.5, 0.6) is 5.75 Å². The summed E-state index contributed by atoms with van der Waals surface area (Å²) >= 11 is 0. The second kappa shape index (κ2) is 10.3. The highest BCUT2D eigenvalue weighted by Gasteiger charge is 2.28. The lowest BCUT2D eigenvalue weighted by Crippen LogP contribution is -2.29. The molecular weight excluding hydrogens is 412 g/mol. The van der Waals surface area contributed by atoms with Crippen molar-refractivity contribution in [1.82, 2.24) is 9.62 Å². The highest BCUT2D eigenvalue weighted by Crippen LogP contribution is 2.27. The minimum Gasteiger partial charge on any atom is -0.496 e. The molecule has 31 heavy (non-hydrogen) atoms. The summed E-state index contributed by atoms with van der Waals surface area (Å²) in [4.78, 5) is 12.9. The molecule has 2 aromatic carbocycles. The van der Waals surface area contributed by atoms with Crippen LogP contribution in [0.15, 0.2) is 47.4 Å². The molecule has 6 nitrogen and oxygen atoms in total. The molecule has 1 aliphatic heterocycles. The molecule has 7 heteroatoms. The van der Waals surface area contributed by atoms with E-state index < -0.39 is 10.0 Å². The monoisotopic (exact) mass is 444 g/mol. The summed E-state index contributed by atoms with van der Waals surface area (Å²) in [7, 11) is -1.96. The minimum atomic E-state index is -3.51. The summed E-state index contributed by atoms with van der Waals surface area (Å²) in [5, 5.41) is 3.11. The number of sulfonamides is 1. The maximum atomic E-state index is 12.9. The molecule has 1 amide bonds. The fourth-order valence-corrected chi connectivity index (χ4v) is 5.65. The van der Waals surface area contributed by atoms with Gasteiger partial charge >= 0.3 is 0 Å². The molecule has 0 unspecified atom stereocenters. The van der Waals surface area contributed by atoms with Crippen molar-refractivity contribution in [3.8, 4) is 5.75 Å². The van der Waals surface area contributed by atoms with Gasteiger partial charge in [-0.2, -0.15) is 4.31 Å². The average Bonchev–Trinajstić information content (AvgIpc) is 3.32. The zero-order valence-corrected chi connectivity index (χ0v) is 19.4. The molecule has 1 atom stereocenters. The maximum absolute atomic E-state index is 12.9. The first-order valence-corrected chi connectivity index (χ1v) is 12.3. The van der Waals surface area contributed by atoms with Gasteiger partial charge in [-0.15, -0.1) is 0 Å². The summed E-state index contributed by atoms with van der Waals surface area (Å²) in [6.07, 6.45) is 3.24. The van der Waals surface area contributed by atoms with Crippen molar-refractivity contribution < 1.29 is 17.9 Å². The van der Waals surface area contributed by atoms with Crippen molar-refractivity contribution in [2.75, 3.05) is 20.2 Å². The average molecular weight is 445 g/mol. The lowest BCUT2D eigenvalue weighted by atomic mass is 9.99. The molecule has 0 aliphatic carbocycles. The minimum absolute atomic E-state index is 0.0440. The molecule has 0 radical (unpaired) electrons. The van der Waals surface area contributed by atoms with Gasteiger partial charge in [0.25, 0.3) is 0 Å². The van der Waals surface area contributed by atoms with Crippen molar-refractivity contribution in [2.45, 2.75) is 56.9 Å². The van der Waals surface area contributed by atoms with Gasteiger partial charge in [0.1, 0.15) is 5.75 Å². The van der Waals surface area contributed by atoms with E-state index in [4.69, 9.17) is 4.74 Å². The Morgan fingerprint density at radius 3 is 2.52 bits per heavy atom. The zero-order valence-electron chi connectivity index (χ0n) is 18.6. The number of methoxy groups -OCH3 is 1. The normalized spacial score (nSPS) is 15.6. The number of hydrogen-bond acceptors (Lipinski definition) is 4. The lowest BCUT2D eigenvalue weighted by Gasteiger charge is -2.20. The number of carbonyl (C=O) groups excluding carboxylic acids is 1. The van der Waals surface area contributed by atoms with Gasteiger partial charge in [0.05, 0.1) is 18.0 Å². The Kier molecular flexibility index (Phi) is 7.73. The van der Waals surface area contributed by atoms with Crippen molar-refractivity contribution in [3.63, 3.8) is 0 Å². The Labute approximate surface area is 185 Å².